The van der Waals surface area contributed by atoms with Crippen molar-refractivity contribution >= 4 is 40.4 Å². The van der Waals surface area contributed by atoms with Crippen LogP contribution in [0.4, 0.5) is 20.2 Å². The van der Waals surface area contributed by atoms with Gasteiger partial charge >= 0.3 is 0 Å². The van der Waals surface area contributed by atoms with Gasteiger partial charge in [0.25, 0.3) is 11.8 Å². The lowest BCUT2D eigenvalue weighted by Crippen LogP contribution is -2.48. The second-order valence-electron chi connectivity index (χ2n) is 10.6. The number of aromatic nitrogens is 1. The van der Waals surface area contributed by atoms with Crippen molar-refractivity contribution in [3.63, 3.8) is 0 Å². The van der Waals surface area contributed by atoms with E-state index in [9.17, 15) is 18.8 Å². The Labute approximate surface area is 273 Å². The molecule has 1 unspecified atom stereocenters. The third-order valence-electron chi connectivity index (χ3n) is 7.70. The molecule has 5 aromatic rings. The van der Waals surface area contributed by atoms with E-state index >= 15 is 4.39 Å². The molecule has 0 fully saturated rings. The molecule has 0 spiro atoms. The fourth-order valence-electron chi connectivity index (χ4n) is 5.29. The van der Waals surface area contributed by atoms with Crippen LogP contribution in [0.1, 0.15) is 11.6 Å². The maximum atomic E-state index is 15.4. The van der Waals surface area contributed by atoms with Gasteiger partial charge in [-0.3, -0.25) is 19.5 Å². The van der Waals surface area contributed by atoms with Crippen LogP contribution in [0.15, 0.2) is 109 Å². The molecule has 2 heterocycles. The predicted octanol–water partition coefficient (Wildman–Crippen LogP) is 6.39. The van der Waals surface area contributed by atoms with Crippen LogP contribution in [0, 0.1) is 11.6 Å². The molecule has 48 heavy (non-hydrogen) atoms. The molecule has 1 aliphatic rings. The summed E-state index contributed by atoms with van der Waals surface area (Å²) in [5, 5.41) is 3.11. The fraction of sp³-hybridized carbons (Fsp3) is 0.111. The number of aldehydes is 1. The highest BCUT2D eigenvalue weighted by Crippen LogP contribution is 2.38. The number of pyridine rings is 1. The quantitative estimate of drug-likeness (QED) is 0.137. The number of rotatable bonds is 10. The number of fused-ring (bicyclic) bond motifs is 1. The molecule has 0 aliphatic carbocycles. The van der Waals surface area contributed by atoms with E-state index in [0.29, 0.717) is 45.7 Å². The van der Waals surface area contributed by atoms with Gasteiger partial charge in [-0.15, -0.1) is 0 Å². The van der Waals surface area contributed by atoms with E-state index in [1.807, 2.05) is 0 Å². The number of nitrogens with zero attached hydrogens (tertiary/aromatic N) is 3. The number of halogens is 2. The summed E-state index contributed by atoms with van der Waals surface area (Å²) in [4.78, 5) is 46.6. The molecule has 0 bridgehead atoms. The molecule has 1 atom stereocenters. The van der Waals surface area contributed by atoms with E-state index in [2.05, 4.69) is 10.3 Å². The Kier molecular flexibility index (Phi) is 8.97. The van der Waals surface area contributed by atoms with Gasteiger partial charge in [0.1, 0.15) is 29.5 Å². The van der Waals surface area contributed by atoms with E-state index < -0.39 is 29.5 Å². The highest BCUT2D eigenvalue weighted by molar-refractivity contribution is 6.27. The lowest BCUT2D eigenvalue weighted by molar-refractivity contribution is -0.122. The lowest BCUT2D eigenvalue weighted by atomic mass is 10.1. The number of nitrogens with one attached hydrogen (secondary N) is 1. The Bertz CT molecular complexity index is 2040. The molecule has 4 aromatic carbocycles. The van der Waals surface area contributed by atoms with Crippen molar-refractivity contribution < 1.29 is 37.4 Å². The molecular weight excluding hydrogens is 622 g/mol. The number of hydrogen-bond donors (Lipinski definition) is 1. The van der Waals surface area contributed by atoms with Crippen LogP contribution in [-0.2, 0) is 14.4 Å². The lowest BCUT2D eigenvalue weighted by Gasteiger charge is -2.37. The number of amides is 2. The van der Waals surface area contributed by atoms with Gasteiger partial charge in [-0.1, -0.05) is 30.3 Å². The average Bonchev–Trinajstić information content (AvgIpc) is 3.10. The standard InChI is InChI=1S/C36H28F2N4O6/c1-46-33-17-26-29(18-34(33)47-2)39-15-14-31(26)48-32-13-10-24(16-28(32)38)40-35(44)27-19-41(30(20-43)22-6-4-3-5-7-22)21-42(36(27)45)25-11-8-23(37)9-12-25/h3-20,30H,21H2,1-2H3,(H,40,44). The Morgan fingerprint density at radius 3 is 2.31 bits per heavy atom. The fourth-order valence-corrected chi connectivity index (χ4v) is 5.29. The van der Waals surface area contributed by atoms with Gasteiger partial charge in [-0.05, 0) is 54.1 Å². The van der Waals surface area contributed by atoms with Crippen LogP contribution in [0.25, 0.3) is 10.9 Å². The Morgan fingerprint density at radius 2 is 1.62 bits per heavy atom. The molecule has 2 amide bonds. The topological polar surface area (TPSA) is 110 Å². The normalized spacial score (nSPS) is 13.5. The number of ether oxygens (including phenoxy) is 3. The molecule has 242 valence electrons. The first kappa shape index (κ1) is 31.7. The zero-order valence-corrected chi connectivity index (χ0v) is 25.7. The largest absolute Gasteiger partial charge is 0.493 e. The first-order valence-corrected chi connectivity index (χ1v) is 14.6. The van der Waals surface area contributed by atoms with Gasteiger partial charge < -0.3 is 29.2 Å². The number of methoxy groups -OCH3 is 2. The van der Waals surface area contributed by atoms with Crippen molar-refractivity contribution in [1.82, 2.24) is 9.88 Å². The van der Waals surface area contributed by atoms with Gasteiger partial charge in [0.05, 0.1) is 26.4 Å². The first-order valence-electron chi connectivity index (χ1n) is 14.6. The van der Waals surface area contributed by atoms with Crippen LogP contribution in [0.3, 0.4) is 0 Å². The minimum atomic E-state index is -0.844. The van der Waals surface area contributed by atoms with Crippen LogP contribution >= 0.6 is 0 Å². The molecule has 1 aromatic heterocycles. The smallest absolute Gasteiger partial charge is 0.266 e. The van der Waals surface area contributed by atoms with Crippen molar-refractivity contribution in [2.24, 2.45) is 0 Å². The van der Waals surface area contributed by atoms with Crippen molar-refractivity contribution in [2.75, 3.05) is 31.1 Å². The van der Waals surface area contributed by atoms with E-state index in [1.54, 1.807) is 48.5 Å². The van der Waals surface area contributed by atoms with Crippen LogP contribution < -0.4 is 24.4 Å². The molecule has 0 radical (unpaired) electrons. The molecule has 1 N–H and O–H groups in total. The van der Waals surface area contributed by atoms with E-state index in [4.69, 9.17) is 14.2 Å². The monoisotopic (exact) mass is 650 g/mol. The van der Waals surface area contributed by atoms with E-state index in [-0.39, 0.29) is 23.7 Å². The molecule has 0 saturated heterocycles. The minimum Gasteiger partial charge on any atom is -0.493 e. The third kappa shape index (κ3) is 6.36. The Morgan fingerprint density at radius 1 is 0.896 bits per heavy atom. The van der Waals surface area contributed by atoms with Crippen LogP contribution in [0.5, 0.6) is 23.0 Å². The Hall–Kier alpha value is -6.30. The first-order chi connectivity index (χ1) is 23.3. The average molecular weight is 651 g/mol. The van der Waals surface area contributed by atoms with E-state index in [1.165, 1.54) is 72.8 Å². The SMILES string of the molecule is COc1cc2nccc(Oc3ccc(NC(=O)C4=CN(C(C=O)c5ccccc5)CN(c5ccc(F)cc5)C4=O)cc3F)c2cc1OC. The molecule has 6 rings (SSSR count). The second kappa shape index (κ2) is 13.6. The summed E-state index contributed by atoms with van der Waals surface area (Å²) in [6, 6.07) is 21.9. The van der Waals surface area contributed by atoms with Gasteiger partial charge in [-0.2, -0.15) is 0 Å². The number of anilines is 2. The summed E-state index contributed by atoms with van der Waals surface area (Å²) in [7, 11) is 3.00. The molecule has 0 saturated carbocycles. The minimum absolute atomic E-state index is 0.0463. The van der Waals surface area contributed by atoms with Gasteiger partial charge in [-0.25, -0.2) is 8.78 Å². The highest BCUT2D eigenvalue weighted by Gasteiger charge is 2.34. The second-order valence-corrected chi connectivity index (χ2v) is 10.6. The summed E-state index contributed by atoms with van der Waals surface area (Å²) < 4.78 is 45.7. The molecule has 12 heteroatoms. The Balaban J connectivity index is 1.27. The number of hydrogen-bond acceptors (Lipinski definition) is 8. The number of carbonyl (C=O) groups is 3. The van der Waals surface area contributed by atoms with Crippen molar-refractivity contribution in [3.05, 3.63) is 126 Å². The number of carbonyl (C=O) groups excluding carboxylic acids is 3. The third-order valence-corrected chi connectivity index (χ3v) is 7.70. The van der Waals surface area contributed by atoms with Crippen LogP contribution in [-0.4, -0.2) is 48.9 Å². The highest BCUT2D eigenvalue weighted by atomic mass is 19.1. The summed E-state index contributed by atoms with van der Waals surface area (Å²) in [5.41, 5.74) is 1.21. The zero-order valence-electron chi connectivity index (χ0n) is 25.7. The number of benzene rings is 4. The summed E-state index contributed by atoms with van der Waals surface area (Å²) >= 11 is 0. The van der Waals surface area contributed by atoms with Crippen LogP contribution in [0.2, 0.25) is 0 Å². The van der Waals surface area contributed by atoms with Gasteiger partial charge in [0.2, 0.25) is 0 Å². The summed E-state index contributed by atoms with van der Waals surface area (Å²) in [6.45, 7) is -0.0947. The summed E-state index contributed by atoms with van der Waals surface area (Å²) in [5.74, 6) is -1.75. The predicted molar refractivity (Wildman–Crippen MR) is 174 cm³/mol. The molecule has 10 nitrogen and oxygen atoms in total. The summed E-state index contributed by atoms with van der Waals surface area (Å²) in [6.07, 6.45) is 3.51. The maximum absolute atomic E-state index is 15.4. The van der Waals surface area contributed by atoms with Crippen molar-refractivity contribution in [1.29, 1.82) is 0 Å². The molecule has 1 aliphatic heterocycles. The maximum Gasteiger partial charge on any atom is 0.266 e. The van der Waals surface area contributed by atoms with E-state index in [0.717, 1.165) is 6.07 Å². The zero-order chi connectivity index (χ0) is 33.8. The van der Waals surface area contributed by atoms with Gasteiger partial charge in [0.15, 0.2) is 23.1 Å². The van der Waals surface area contributed by atoms with Crippen molar-refractivity contribution in [3.8, 4) is 23.0 Å². The van der Waals surface area contributed by atoms with Gasteiger partial charge in [0, 0.05) is 41.3 Å². The van der Waals surface area contributed by atoms with Crippen molar-refractivity contribution in [2.45, 2.75) is 6.04 Å². The molecular formula is C36H28F2N4O6.